The normalized spacial score (nSPS) is 13.0. The first-order chi connectivity index (χ1) is 17.1. The molecule has 2 aromatic rings. The maximum atomic E-state index is 12.7. The zero-order chi connectivity index (χ0) is 28.4. The minimum atomic E-state index is -3.85. The van der Waals surface area contributed by atoms with E-state index in [0.29, 0.717) is 16.9 Å². The molecule has 0 saturated carbocycles. The van der Waals surface area contributed by atoms with Crippen molar-refractivity contribution in [3.05, 3.63) is 59.2 Å². The number of hydrogen-bond acceptors (Lipinski definition) is 10. The molecule has 0 saturated heterocycles. The number of methoxy groups -OCH3 is 1. The van der Waals surface area contributed by atoms with Gasteiger partial charge in [0.05, 0.1) is 18.9 Å². The van der Waals surface area contributed by atoms with Crippen LogP contribution < -0.4 is 15.2 Å². The van der Waals surface area contributed by atoms with Crippen molar-refractivity contribution in [2.24, 2.45) is 11.1 Å². The Morgan fingerprint density at radius 1 is 1.08 bits per heavy atom. The molecule has 0 bridgehead atoms. The van der Waals surface area contributed by atoms with Crippen LogP contribution in [0.2, 0.25) is 0 Å². The minimum absolute atomic E-state index is 0.147. The summed E-state index contributed by atoms with van der Waals surface area (Å²) in [6.07, 6.45) is -0.0717. The molecule has 2 rings (SSSR count). The lowest BCUT2D eigenvalue weighted by Crippen LogP contribution is -2.42. The average Bonchev–Trinajstić information content (AvgIpc) is 2.80. The second-order valence-corrected chi connectivity index (χ2v) is 10.8. The van der Waals surface area contributed by atoms with Crippen LogP contribution in [0.5, 0.6) is 11.5 Å². The highest BCUT2D eigenvalue weighted by molar-refractivity contribution is 7.86. The maximum Gasteiger partial charge on any atom is 0.343 e. The fraction of sp³-hybridized carbons (Fsp3) is 0.462. The van der Waals surface area contributed by atoms with Crippen LogP contribution >= 0.6 is 0 Å². The Hall–Kier alpha value is -2.99. The van der Waals surface area contributed by atoms with E-state index in [4.69, 9.17) is 29.2 Å². The fourth-order valence-electron chi connectivity index (χ4n) is 3.02. The van der Waals surface area contributed by atoms with Gasteiger partial charge in [0, 0.05) is 25.1 Å². The highest BCUT2D eigenvalue weighted by Gasteiger charge is 2.34. The number of carbonyl (C=O) groups is 2. The molecule has 0 fully saturated rings. The van der Waals surface area contributed by atoms with Gasteiger partial charge in [-0.15, -0.1) is 0 Å². The summed E-state index contributed by atoms with van der Waals surface area (Å²) >= 11 is 0. The SMILES string of the molecule is CCO.COc1ccc(C(=O)Oc2ccc(C(OS(C)(=O)=O)C(N)C(C)(C)C)cc2COC(C)=O)cc1. The molecule has 37 heavy (non-hydrogen) atoms. The molecule has 0 radical (unpaired) electrons. The van der Waals surface area contributed by atoms with Gasteiger partial charge < -0.3 is 25.1 Å². The first-order valence-electron chi connectivity index (χ1n) is 11.5. The molecule has 0 aromatic heterocycles. The van der Waals surface area contributed by atoms with Crippen molar-refractivity contribution in [3.63, 3.8) is 0 Å². The molecule has 206 valence electrons. The van der Waals surface area contributed by atoms with Gasteiger partial charge in [0.1, 0.15) is 24.2 Å². The molecule has 2 unspecified atom stereocenters. The molecule has 2 atom stereocenters. The van der Waals surface area contributed by atoms with Crippen molar-refractivity contribution < 1.29 is 41.5 Å². The Labute approximate surface area is 218 Å². The van der Waals surface area contributed by atoms with Crippen molar-refractivity contribution in [2.45, 2.75) is 53.4 Å². The van der Waals surface area contributed by atoms with E-state index < -0.39 is 39.6 Å². The Kier molecular flexibility index (Phi) is 12.2. The second kappa shape index (κ2) is 14.1. The van der Waals surface area contributed by atoms with Crippen LogP contribution in [-0.2, 0) is 30.4 Å². The smallest absolute Gasteiger partial charge is 0.343 e. The molecule has 0 spiro atoms. The van der Waals surface area contributed by atoms with Crippen LogP contribution in [0.1, 0.15) is 62.2 Å². The summed E-state index contributed by atoms with van der Waals surface area (Å²) in [5, 5.41) is 7.57. The van der Waals surface area contributed by atoms with Gasteiger partial charge in [-0.05, 0) is 54.3 Å². The van der Waals surface area contributed by atoms with Crippen LogP contribution in [0, 0.1) is 5.41 Å². The highest BCUT2D eigenvalue weighted by atomic mass is 32.2. The van der Waals surface area contributed by atoms with E-state index in [0.717, 1.165) is 6.26 Å². The predicted molar refractivity (Wildman–Crippen MR) is 139 cm³/mol. The van der Waals surface area contributed by atoms with Gasteiger partial charge in [0.15, 0.2) is 0 Å². The molecule has 11 heteroatoms. The lowest BCUT2D eigenvalue weighted by Gasteiger charge is -2.33. The summed E-state index contributed by atoms with van der Waals surface area (Å²) in [4.78, 5) is 24.1. The molecular formula is C26H37NO9S. The first-order valence-corrected chi connectivity index (χ1v) is 13.3. The zero-order valence-corrected chi connectivity index (χ0v) is 23.1. The summed E-state index contributed by atoms with van der Waals surface area (Å²) in [5.74, 6) is -0.431. The standard InChI is InChI=1S/C24H31NO8S.C2H6O/c1-15(26)31-14-18-13-17(21(33-34(6,28)29)22(25)24(2,3)4)9-12-20(18)32-23(27)16-7-10-19(30-5)11-8-16;1-2-3/h7-13,21-22H,14,25H2,1-6H3;3H,2H2,1H3. The van der Waals surface area contributed by atoms with E-state index in [1.165, 1.54) is 20.1 Å². The van der Waals surface area contributed by atoms with Gasteiger partial charge in [0.25, 0.3) is 10.1 Å². The molecule has 10 nitrogen and oxygen atoms in total. The summed E-state index contributed by atoms with van der Waals surface area (Å²) in [5.41, 5.74) is 6.92. The average molecular weight is 540 g/mol. The molecule has 0 amide bonds. The van der Waals surface area contributed by atoms with Crippen molar-refractivity contribution in [1.29, 1.82) is 0 Å². The monoisotopic (exact) mass is 539 g/mol. The predicted octanol–water partition coefficient (Wildman–Crippen LogP) is 3.37. The van der Waals surface area contributed by atoms with E-state index in [2.05, 4.69) is 0 Å². The number of aliphatic hydroxyl groups excluding tert-OH is 1. The molecule has 3 N–H and O–H groups in total. The number of rotatable bonds is 9. The first kappa shape index (κ1) is 32.0. The van der Waals surface area contributed by atoms with Crippen molar-refractivity contribution in [1.82, 2.24) is 0 Å². The summed E-state index contributed by atoms with van der Waals surface area (Å²) in [6.45, 7) is 8.56. The maximum absolute atomic E-state index is 12.7. The summed E-state index contributed by atoms with van der Waals surface area (Å²) < 4.78 is 44.9. The quantitative estimate of drug-likeness (QED) is 0.276. The Bertz CT molecular complexity index is 1140. The fourth-order valence-corrected chi connectivity index (χ4v) is 3.63. The van der Waals surface area contributed by atoms with Gasteiger partial charge in [0.2, 0.25) is 0 Å². The van der Waals surface area contributed by atoms with E-state index in [1.807, 2.05) is 20.8 Å². The zero-order valence-electron chi connectivity index (χ0n) is 22.3. The Morgan fingerprint density at radius 2 is 1.65 bits per heavy atom. The summed E-state index contributed by atoms with van der Waals surface area (Å²) in [7, 11) is -2.33. The lowest BCUT2D eigenvalue weighted by molar-refractivity contribution is -0.142. The van der Waals surface area contributed by atoms with Crippen molar-refractivity contribution >= 4 is 22.1 Å². The van der Waals surface area contributed by atoms with E-state index in [1.54, 1.807) is 43.3 Å². The third-order valence-electron chi connectivity index (χ3n) is 4.98. The molecule has 0 heterocycles. The van der Waals surface area contributed by atoms with Crippen LogP contribution in [-0.4, -0.2) is 51.5 Å². The van der Waals surface area contributed by atoms with Gasteiger partial charge in [-0.25, -0.2) is 4.79 Å². The topological polar surface area (TPSA) is 151 Å². The molecule has 2 aromatic carbocycles. The van der Waals surface area contributed by atoms with Gasteiger partial charge in [-0.3, -0.25) is 8.98 Å². The number of carbonyl (C=O) groups excluding carboxylic acids is 2. The number of ether oxygens (including phenoxy) is 3. The van der Waals surface area contributed by atoms with E-state index >= 15 is 0 Å². The number of aliphatic hydroxyl groups is 1. The van der Waals surface area contributed by atoms with Gasteiger partial charge in [-0.2, -0.15) is 8.42 Å². The third kappa shape index (κ3) is 10.9. The molecule has 0 aliphatic rings. The van der Waals surface area contributed by atoms with Crippen LogP contribution in [0.3, 0.4) is 0 Å². The van der Waals surface area contributed by atoms with Crippen molar-refractivity contribution in [2.75, 3.05) is 20.0 Å². The number of nitrogens with two attached hydrogens (primary N) is 1. The Morgan fingerprint density at radius 3 is 2.11 bits per heavy atom. The number of esters is 2. The van der Waals surface area contributed by atoms with Crippen LogP contribution in [0.15, 0.2) is 42.5 Å². The number of benzene rings is 2. The highest BCUT2D eigenvalue weighted by Crippen LogP contribution is 2.35. The van der Waals surface area contributed by atoms with E-state index in [-0.39, 0.29) is 24.5 Å². The summed E-state index contributed by atoms with van der Waals surface area (Å²) in [6, 6.07) is 10.3. The van der Waals surface area contributed by atoms with Gasteiger partial charge >= 0.3 is 11.9 Å². The third-order valence-corrected chi connectivity index (χ3v) is 5.53. The van der Waals surface area contributed by atoms with Crippen LogP contribution in [0.25, 0.3) is 0 Å². The molecule has 0 aliphatic heterocycles. The molecule has 0 aliphatic carbocycles. The van der Waals surface area contributed by atoms with Crippen molar-refractivity contribution in [3.8, 4) is 11.5 Å². The largest absolute Gasteiger partial charge is 0.497 e. The second-order valence-electron chi connectivity index (χ2n) is 9.19. The molecular weight excluding hydrogens is 502 g/mol. The van der Waals surface area contributed by atoms with Crippen LogP contribution in [0.4, 0.5) is 0 Å². The number of hydrogen-bond donors (Lipinski definition) is 2. The lowest BCUT2D eigenvalue weighted by atomic mass is 9.81. The Balaban J connectivity index is 0.00000217. The van der Waals surface area contributed by atoms with E-state index in [9.17, 15) is 18.0 Å². The van der Waals surface area contributed by atoms with Gasteiger partial charge in [-0.1, -0.05) is 26.8 Å². The minimum Gasteiger partial charge on any atom is -0.497 e.